The molecule has 22 heavy (non-hydrogen) atoms. The number of hydrogen-bond donors (Lipinski definition) is 0. The van der Waals surface area contributed by atoms with Crippen LogP contribution in [0.1, 0.15) is 53.9 Å². The maximum absolute atomic E-state index is 11.6. The summed E-state index contributed by atoms with van der Waals surface area (Å²) in [5.41, 5.74) is 2.63. The molecule has 0 bridgehead atoms. The van der Waals surface area contributed by atoms with Gasteiger partial charge in [0.15, 0.2) is 15.7 Å². The molecule has 2 atom stereocenters. The van der Waals surface area contributed by atoms with Crippen molar-refractivity contribution in [3.8, 4) is 0 Å². The highest BCUT2D eigenvalue weighted by molar-refractivity contribution is 7.91. The van der Waals surface area contributed by atoms with E-state index in [0.29, 0.717) is 18.1 Å². The van der Waals surface area contributed by atoms with Crippen LogP contribution in [-0.2, 0) is 16.3 Å². The van der Waals surface area contributed by atoms with Crippen LogP contribution in [0.3, 0.4) is 0 Å². The Balaban J connectivity index is 1.63. The Kier molecular flexibility index (Phi) is 3.29. The van der Waals surface area contributed by atoms with Crippen LogP contribution in [0.15, 0.2) is 28.8 Å². The summed E-state index contributed by atoms with van der Waals surface area (Å²) in [5, 5.41) is 4.15. The molecule has 0 saturated carbocycles. The van der Waals surface area contributed by atoms with Crippen molar-refractivity contribution in [2.75, 3.05) is 11.5 Å². The number of rotatable bonds is 2. The first kappa shape index (κ1) is 13.9. The first-order valence-corrected chi connectivity index (χ1v) is 9.56. The molecule has 2 unspecified atom stereocenters. The van der Waals surface area contributed by atoms with Crippen LogP contribution in [0.4, 0.5) is 0 Å². The Morgan fingerprint density at radius 1 is 1.18 bits per heavy atom. The number of benzene rings is 1. The average Bonchev–Trinajstić information content (AvgIpc) is 3.13. The van der Waals surface area contributed by atoms with E-state index in [1.165, 1.54) is 11.1 Å². The molecule has 1 aromatic heterocycles. The molecule has 1 aliphatic carbocycles. The zero-order valence-corrected chi connectivity index (χ0v) is 13.1. The zero-order valence-electron chi connectivity index (χ0n) is 12.2. The number of nitrogens with zero attached hydrogens (tertiary/aromatic N) is 2. The highest BCUT2D eigenvalue weighted by Crippen LogP contribution is 2.36. The van der Waals surface area contributed by atoms with Gasteiger partial charge in [0.1, 0.15) is 0 Å². The van der Waals surface area contributed by atoms with E-state index in [4.69, 9.17) is 4.52 Å². The number of hydrogen-bond acceptors (Lipinski definition) is 5. The maximum atomic E-state index is 11.6. The highest BCUT2D eigenvalue weighted by atomic mass is 32.2. The first-order valence-electron chi connectivity index (χ1n) is 7.74. The van der Waals surface area contributed by atoms with Gasteiger partial charge in [-0.25, -0.2) is 8.42 Å². The van der Waals surface area contributed by atoms with E-state index in [-0.39, 0.29) is 23.3 Å². The molecule has 2 aromatic rings. The minimum Gasteiger partial charge on any atom is -0.339 e. The third-order valence-corrected chi connectivity index (χ3v) is 6.49. The molecule has 1 fully saturated rings. The SMILES string of the molecule is O=S1(=O)CCC(c2nc(C3CCCc4ccccc43)no2)C1. The van der Waals surface area contributed by atoms with Crippen LogP contribution in [0, 0.1) is 0 Å². The molecule has 4 rings (SSSR count). The fraction of sp³-hybridized carbons (Fsp3) is 0.500. The largest absolute Gasteiger partial charge is 0.339 e. The Bertz CT molecular complexity index is 797. The van der Waals surface area contributed by atoms with Gasteiger partial charge in [-0.3, -0.25) is 0 Å². The van der Waals surface area contributed by atoms with E-state index in [0.717, 1.165) is 19.3 Å². The summed E-state index contributed by atoms with van der Waals surface area (Å²) >= 11 is 0. The normalized spacial score (nSPS) is 26.7. The average molecular weight is 318 g/mol. The molecular formula is C16H18N2O3S. The molecule has 2 heterocycles. The van der Waals surface area contributed by atoms with Crippen LogP contribution in [0.25, 0.3) is 0 Å². The van der Waals surface area contributed by atoms with Crippen molar-refractivity contribution in [2.24, 2.45) is 0 Å². The molecule has 0 amide bonds. The monoisotopic (exact) mass is 318 g/mol. The Hall–Kier alpha value is -1.69. The number of aryl methyl sites for hydroxylation is 1. The second kappa shape index (κ2) is 5.19. The number of fused-ring (bicyclic) bond motifs is 1. The van der Waals surface area contributed by atoms with E-state index in [1.54, 1.807) is 0 Å². The van der Waals surface area contributed by atoms with E-state index >= 15 is 0 Å². The predicted molar refractivity (Wildman–Crippen MR) is 81.5 cm³/mol. The van der Waals surface area contributed by atoms with Gasteiger partial charge in [0.05, 0.1) is 17.4 Å². The molecule has 0 N–H and O–H groups in total. The second-order valence-electron chi connectivity index (χ2n) is 6.23. The molecular weight excluding hydrogens is 300 g/mol. The lowest BCUT2D eigenvalue weighted by Gasteiger charge is -2.22. The highest BCUT2D eigenvalue weighted by Gasteiger charge is 2.34. The minimum atomic E-state index is -2.94. The number of sulfone groups is 1. The smallest absolute Gasteiger partial charge is 0.230 e. The van der Waals surface area contributed by atoms with Gasteiger partial charge in [-0.2, -0.15) is 4.98 Å². The summed E-state index contributed by atoms with van der Waals surface area (Å²) in [6, 6.07) is 8.40. The summed E-state index contributed by atoms with van der Waals surface area (Å²) in [6.07, 6.45) is 3.81. The standard InChI is InChI=1S/C16H18N2O3S/c19-22(20)9-8-12(10-22)16-17-15(18-21-16)14-7-3-5-11-4-1-2-6-13(11)14/h1-2,4,6,12,14H,3,5,7-10H2. The third-order valence-electron chi connectivity index (χ3n) is 4.72. The lowest BCUT2D eigenvalue weighted by Crippen LogP contribution is -2.12. The van der Waals surface area contributed by atoms with Gasteiger partial charge in [-0.05, 0) is 36.8 Å². The second-order valence-corrected chi connectivity index (χ2v) is 8.46. The van der Waals surface area contributed by atoms with Crippen molar-refractivity contribution in [1.82, 2.24) is 10.1 Å². The molecule has 116 valence electrons. The summed E-state index contributed by atoms with van der Waals surface area (Å²) < 4.78 is 28.6. The summed E-state index contributed by atoms with van der Waals surface area (Å²) in [6.45, 7) is 0. The molecule has 6 heteroatoms. The van der Waals surface area contributed by atoms with Gasteiger partial charge in [0.2, 0.25) is 5.89 Å². The molecule has 0 spiro atoms. The van der Waals surface area contributed by atoms with Crippen LogP contribution < -0.4 is 0 Å². The molecule has 0 radical (unpaired) electrons. The first-order chi connectivity index (χ1) is 10.6. The fourth-order valence-electron chi connectivity index (χ4n) is 3.57. The van der Waals surface area contributed by atoms with Crippen molar-refractivity contribution in [3.63, 3.8) is 0 Å². The fourth-order valence-corrected chi connectivity index (χ4v) is 5.30. The molecule has 1 saturated heterocycles. The zero-order chi connectivity index (χ0) is 15.2. The van der Waals surface area contributed by atoms with Gasteiger partial charge in [0, 0.05) is 5.92 Å². The van der Waals surface area contributed by atoms with Crippen LogP contribution in [0.5, 0.6) is 0 Å². The van der Waals surface area contributed by atoms with Crippen molar-refractivity contribution < 1.29 is 12.9 Å². The minimum absolute atomic E-state index is 0.134. The molecule has 1 aliphatic heterocycles. The third kappa shape index (κ3) is 2.45. The van der Waals surface area contributed by atoms with Crippen LogP contribution in [0.2, 0.25) is 0 Å². The lowest BCUT2D eigenvalue weighted by atomic mass is 9.82. The van der Waals surface area contributed by atoms with Gasteiger partial charge >= 0.3 is 0 Å². The van der Waals surface area contributed by atoms with E-state index in [9.17, 15) is 8.42 Å². The van der Waals surface area contributed by atoms with Crippen LogP contribution >= 0.6 is 0 Å². The van der Waals surface area contributed by atoms with Gasteiger partial charge < -0.3 is 4.52 Å². The van der Waals surface area contributed by atoms with E-state index in [2.05, 4.69) is 28.3 Å². The summed E-state index contributed by atoms with van der Waals surface area (Å²) in [4.78, 5) is 4.54. The van der Waals surface area contributed by atoms with Crippen molar-refractivity contribution in [1.29, 1.82) is 0 Å². The van der Waals surface area contributed by atoms with Crippen molar-refractivity contribution in [3.05, 3.63) is 47.1 Å². The van der Waals surface area contributed by atoms with Crippen LogP contribution in [-0.4, -0.2) is 30.1 Å². The Labute approximate surface area is 129 Å². The van der Waals surface area contributed by atoms with E-state index in [1.807, 2.05) is 6.07 Å². The lowest BCUT2D eigenvalue weighted by molar-refractivity contribution is 0.353. The topological polar surface area (TPSA) is 73.1 Å². The number of aromatic nitrogens is 2. The maximum Gasteiger partial charge on any atom is 0.230 e. The van der Waals surface area contributed by atoms with Crippen molar-refractivity contribution >= 4 is 9.84 Å². The molecule has 2 aliphatic rings. The molecule has 5 nitrogen and oxygen atoms in total. The van der Waals surface area contributed by atoms with Gasteiger partial charge in [-0.15, -0.1) is 0 Å². The summed E-state index contributed by atoms with van der Waals surface area (Å²) in [7, 11) is -2.94. The van der Waals surface area contributed by atoms with E-state index < -0.39 is 9.84 Å². The quantitative estimate of drug-likeness (QED) is 0.850. The van der Waals surface area contributed by atoms with Gasteiger partial charge in [-0.1, -0.05) is 29.4 Å². The van der Waals surface area contributed by atoms with Crippen molar-refractivity contribution in [2.45, 2.75) is 37.5 Å². The Morgan fingerprint density at radius 3 is 2.86 bits per heavy atom. The Morgan fingerprint density at radius 2 is 2.05 bits per heavy atom. The predicted octanol–water partition coefficient (Wildman–Crippen LogP) is 2.44. The summed E-state index contributed by atoms with van der Waals surface area (Å²) in [5.74, 6) is 1.58. The molecule has 1 aromatic carbocycles. The van der Waals surface area contributed by atoms with Gasteiger partial charge in [0.25, 0.3) is 0 Å².